The number of amides is 2. The highest BCUT2D eigenvalue weighted by atomic mass is 32.1. The van der Waals surface area contributed by atoms with Crippen molar-refractivity contribution in [1.29, 1.82) is 0 Å². The summed E-state index contributed by atoms with van der Waals surface area (Å²) < 4.78 is 54.3. The summed E-state index contributed by atoms with van der Waals surface area (Å²) in [6, 6.07) is 4.24. The Bertz CT molecular complexity index is 906. The topological polar surface area (TPSA) is 49.4 Å². The molecule has 4 nitrogen and oxygen atoms in total. The molecule has 1 unspecified atom stereocenters. The van der Waals surface area contributed by atoms with Crippen LogP contribution in [-0.4, -0.2) is 24.0 Å². The Balaban J connectivity index is 2.07. The SMILES string of the molecule is Cc1ccsc1C(C(=O)NC1CCCCC1)N(C(=O)C(F)(F)F)c1cccc(F)c1. The maximum Gasteiger partial charge on any atom is 0.471 e. The van der Waals surface area contributed by atoms with Gasteiger partial charge in [-0.3, -0.25) is 14.5 Å². The second kappa shape index (κ2) is 9.16. The lowest BCUT2D eigenvalue weighted by atomic mass is 9.95. The fraction of sp³-hybridized carbons (Fsp3) is 0.429. The fourth-order valence-electron chi connectivity index (χ4n) is 3.69. The quantitative estimate of drug-likeness (QED) is 0.641. The van der Waals surface area contributed by atoms with Crippen LogP contribution in [-0.2, 0) is 9.59 Å². The van der Waals surface area contributed by atoms with E-state index in [1.807, 2.05) is 0 Å². The van der Waals surface area contributed by atoms with E-state index in [1.165, 1.54) is 12.1 Å². The Morgan fingerprint density at radius 1 is 1.17 bits per heavy atom. The van der Waals surface area contributed by atoms with Gasteiger partial charge in [0.05, 0.1) is 0 Å². The van der Waals surface area contributed by atoms with Gasteiger partial charge in [0.25, 0.3) is 0 Å². The van der Waals surface area contributed by atoms with Gasteiger partial charge >= 0.3 is 12.1 Å². The van der Waals surface area contributed by atoms with E-state index in [0.29, 0.717) is 15.3 Å². The molecule has 1 fully saturated rings. The molecule has 0 aliphatic heterocycles. The predicted octanol–water partition coefficient (Wildman–Crippen LogP) is 5.28. The van der Waals surface area contributed by atoms with Crippen LogP contribution in [0.4, 0.5) is 23.2 Å². The number of carbonyl (C=O) groups excluding carboxylic acids is 2. The van der Waals surface area contributed by atoms with E-state index >= 15 is 0 Å². The molecule has 1 aromatic heterocycles. The van der Waals surface area contributed by atoms with Crippen molar-refractivity contribution < 1.29 is 27.2 Å². The van der Waals surface area contributed by atoms with Crippen LogP contribution in [0, 0.1) is 12.7 Å². The molecule has 1 N–H and O–H groups in total. The lowest BCUT2D eigenvalue weighted by Gasteiger charge is -2.33. The Morgan fingerprint density at radius 2 is 1.87 bits per heavy atom. The van der Waals surface area contributed by atoms with Crippen LogP contribution in [0.5, 0.6) is 0 Å². The van der Waals surface area contributed by atoms with E-state index < -0.39 is 29.8 Å². The molecule has 1 aliphatic rings. The number of rotatable bonds is 5. The van der Waals surface area contributed by atoms with Crippen molar-refractivity contribution in [2.45, 2.75) is 57.3 Å². The third-order valence-corrected chi connectivity index (χ3v) is 6.23. The van der Waals surface area contributed by atoms with E-state index in [0.717, 1.165) is 55.6 Å². The number of aryl methyl sites for hydroxylation is 1. The highest BCUT2D eigenvalue weighted by Crippen LogP contribution is 2.36. The number of benzene rings is 1. The number of anilines is 1. The van der Waals surface area contributed by atoms with Gasteiger partial charge in [0, 0.05) is 16.6 Å². The molecule has 1 heterocycles. The van der Waals surface area contributed by atoms with Crippen LogP contribution in [0.1, 0.15) is 48.6 Å². The van der Waals surface area contributed by atoms with E-state index in [2.05, 4.69) is 5.32 Å². The van der Waals surface area contributed by atoms with Crippen molar-refractivity contribution in [3.8, 4) is 0 Å². The molecule has 0 spiro atoms. The van der Waals surface area contributed by atoms with Crippen LogP contribution in [0.25, 0.3) is 0 Å². The summed E-state index contributed by atoms with van der Waals surface area (Å²) in [4.78, 5) is 26.3. The third-order valence-electron chi connectivity index (χ3n) is 5.16. The minimum atomic E-state index is -5.24. The summed E-state index contributed by atoms with van der Waals surface area (Å²) in [6.45, 7) is 1.66. The average Bonchev–Trinajstić information content (AvgIpc) is 3.10. The zero-order chi connectivity index (χ0) is 21.9. The van der Waals surface area contributed by atoms with E-state index in [4.69, 9.17) is 0 Å². The largest absolute Gasteiger partial charge is 0.471 e. The first-order valence-corrected chi connectivity index (χ1v) is 10.6. The number of hydrogen-bond acceptors (Lipinski definition) is 3. The van der Waals surface area contributed by atoms with Gasteiger partial charge in [-0.15, -0.1) is 11.3 Å². The van der Waals surface area contributed by atoms with Crippen LogP contribution in [0.15, 0.2) is 35.7 Å². The first-order chi connectivity index (χ1) is 14.2. The molecule has 3 rings (SSSR count). The van der Waals surface area contributed by atoms with Crippen molar-refractivity contribution in [2.75, 3.05) is 4.90 Å². The van der Waals surface area contributed by atoms with Crippen LogP contribution >= 0.6 is 11.3 Å². The lowest BCUT2D eigenvalue weighted by Crippen LogP contribution is -2.50. The minimum Gasteiger partial charge on any atom is -0.351 e. The number of thiophene rings is 1. The Morgan fingerprint density at radius 3 is 2.43 bits per heavy atom. The van der Waals surface area contributed by atoms with E-state index in [9.17, 15) is 27.2 Å². The van der Waals surface area contributed by atoms with Crippen molar-refractivity contribution >= 4 is 28.8 Å². The molecule has 2 aromatic rings. The van der Waals surface area contributed by atoms with Gasteiger partial charge in [0.1, 0.15) is 5.82 Å². The number of hydrogen-bond donors (Lipinski definition) is 1. The molecule has 9 heteroatoms. The Hall–Kier alpha value is -2.42. The molecule has 1 saturated carbocycles. The van der Waals surface area contributed by atoms with Gasteiger partial charge in [0.2, 0.25) is 5.91 Å². The summed E-state index contributed by atoms with van der Waals surface area (Å²) in [6.07, 6.45) is -0.891. The maximum atomic E-state index is 13.8. The molecule has 162 valence electrons. The maximum absolute atomic E-state index is 13.8. The zero-order valence-electron chi connectivity index (χ0n) is 16.3. The number of carbonyl (C=O) groups is 2. The molecule has 0 radical (unpaired) electrons. The second-order valence-corrected chi connectivity index (χ2v) is 8.31. The molecular formula is C21H22F4N2O2S. The smallest absolute Gasteiger partial charge is 0.351 e. The number of nitrogens with zero attached hydrogens (tertiary/aromatic N) is 1. The standard InChI is InChI=1S/C21H22F4N2O2S/c1-13-10-11-30-18(13)17(19(28)26-15-7-3-2-4-8-15)27(20(29)21(23,24)25)16-9-5-6-14(22)12-16/h5-6,9-12,15,17H,2-4,7-8H2,1H3,(H,26,28). The van der Waals surface area contributed by atoms with Crippen LogP contribution < -0.4 is 10.2 Å². The fourth-order valence-corrected chi connectivity index (χ4v) is 4.71. The third kappa shape index (κ3) is 5.00. The summed E-state index contributed by atoms with van der Waals surface area (Å²) in [5, 5.41) is 4.46. The number of alkyl halides is 3. The van der Waals surface area contributed by atoms with E-state index in [1.54, 1.807) is 18.4 Å². The van der Waals surface area contributed by atoms with Gasteiger partial charge < -0.3 is 5.32 Å². The van der Waals surface area contributed by atoms with Gasteiger partial charge in [-0.1, -0.05) is 25.3 Å². The van der Waals surface area contributed by atoms with Crippen molar-refractivity contribution in [3.63, 3.8) is 0 Å². The summed E-state index contributed by atoms with van der Waals surface area (Å²) in [5.41, 5.74) is 0.258. The van der Waals surface area contributed by atoms with Crippen molar-refractivity contribution in [1.82, 2.24) is 5.32 Å². The van der Waals surface area contributed by atoms with Gasteiger partial charge in [-0.25, -0.2) is 4.39 Å². The molecular weight excluding hydrogens is 420 g/mol. The van der Waals surface area contributed by atoms with Crippen LogP contribution in [0.3, 0.4) is 0 Å². The second-order valence-electron chi connectivity index (χ2n) is 7.37. The molecule has 0 saturated heterocycles. The summed E-state index contributed by atoms with van der Waals surface area (Å²) in [7, 11) is 0. The summed E-state index contributed by atoms with van der Waals surface area (Å²) in [5.74, 6) is -3.72. The number of nitrogens with one attached hydrogen (secondary N) is 1. The number of halogens is 4. The normalized spacial score (nSPS) is 16.2. The van der Waals surface area contributed by atoms with Crippen molar-refractivity contribution in [2.24, 2.45) is 0 Å². The van der Waals surface area contributed by atoms with Gasteiger partial charge in [0.15, 0.2) is 6.04 Å². The zero-order valence-corrected chi connectivity index (χ0v) is 17.2. The molecule has 1 aromatic carbocycles. The predicted molar refractivity (Wildman–Crippen MR) is 107 cm³/mol. The average molecular weight is 442 g/mol. The molecule has 2 amide bonds. The molecule has 1 aliphatic carbocycles. The van der Waals surface area contributed by atoms with Crippen LogP contribution in [0.2, 0.25) is 0 Å². The lowest BCUT2D eigenvalue weighted by molar-refractivity contribution is -0.171. The Kier molecular flexibility index (Phi) is 6.80. The monoisotopic (exact) mass is 442 g/mol. The minimum absolute atomic E-state index is 0.163. The molecule has 1 atom stereocenters. The molecule has 0 bridgehead atoms. The highest BCUT2D eigenvalue weighted by Gasteiger charge is 2.48. The first-order valence-electron chi connectivity index (χ1n) is 9.69. The Labute approximate surface area is 175 Å². The first kappa shape index (κ1) is 22.3. The molecule has 30 heavy (non-hydrogen) atoms. The van der Waals surface area contributed by atoms with Gasteiger partial charge in [-0.2, -0.15) is 13.2 Å². The van der Waals surface area contributed by atoms with Crippen molar-refractivity contribution in [3.05, 3.63) is 52.0 Å². The van der Waals surface area contributed by atoms with Gasteiger partial charge in [-0.05, 0) is 55.0 Å². The summed E-state index contributed by atoms with van der Waals surface area (Å²) >= 11 is 1.09. The van der Waals surface area contributed by atoms with E-state index in [-0.39, 0.29) is 11.7 Å². The highest BCUT2D eigenvalue weighted by molar-refractivity contribution is 7.10.